The zero-order valence-corrected chi connectivity index (χ0v) is 20.6. The maximum Gasteiger partial charge on any atom is 0.350 e. The van der Waals surface area contributed by atoms with Crippen molar-refractivity contribution in [2.75, 3.05) is 19.8 Å². The second-order valence-electron chi connectivity index (χ2n) is 8.30. The van der Waals surface area contributed by atoms with Crippen molar-refractivity contribution < 1.29 is 13.6 Å². The van der Waals surface area contributed by atoms with E-state index in [1.807, 2.05) is 0 Å². The smallest absolute Gasteiger partial charge is 0.307 e. The first-order chi connectivity index (χ1) is 13.5. The van der Waals surface area contributed by atoms with E-state index >= 15 is 0 Å². The molecule has 1 atom stereocenters. The van der Waals surface area contributed by atoms with Gasteiger partial charge < -0.3 is 14.4 Å². The Morgan fingerprint density at radius 3 is 1.68 bits per heavy atom. The standard InChI is InChI=1S/C23H50NO3P/c1-6-10-14-15-16-18-20-24-23(5,19-17-11-7-2)28(25,26-21-12-8-3)27-22-13-9-4/h24H,6-22H2,1-5H3. The highest BCUT2D eigenvalue weighted by Crippen LogP contribution is 2.60. The number of nitrogens with one attached hydrogen (secondary N) is 1. The lowest BCUT2D eigenvalue weighted by Crippen LogP contribution is -2.44. The Bertz CT molecular complexity index is 378. The Hall–Kier alpha value is 0.110. The summed E-state index contributed by atoms with van der Waals surface area (Å²) in [4.78, 5) is 0. The van der Waals surface area contributed by atoms with Crippen LogP contribution in [0.5, 0.6) is 0 Å². The minimum Gasteiger partial charge on any atom is -0.307 e. The summed E-state index contributed by atoms with van der Waals surface area (Å²) in [5, 5.41) is 3.04. The minimum atomic E-state index is -3.22. The number of rotatable bonds is 21. The van der Waals surface area contributed by atoms with E-state index in [1.165, 1.54) is 32.1 Å². The van der Waals surface area contributed by atoms with E-state index in [1.54, 1.807) is 0 Å². The van der Waals surface area contributed by atoms with Crippen molar-refractivity contribution in [2.24, 2.45) is 0 Å². The highest BCUT2D eigenvalue weighted by Gasteiger charge is 2.46. The Morgan fingerprint density at radius 2 is 1.14 bits per heavy atom. The molecule has 0 fully saturated rings. The lowest BCUT2D eigenvalue weighted by atomic mass is 10.1. The van der Waals surface area contributed by atoms with Gasteiger partial charge in [0.05, 0.1) is 13.2 Å². The van der Waals surface area contributed by atoms with Crippen molar-refractivity contribution >= 4 is 7.60 Å². The molecule has 4 nitrogen and oxygen atoms in total. The summed E-state index contributed by atoms with van der Waals surface area (Å²) in [5.74, 6) is 0. The van der Waals surface area contributed by atoms with E-state index in [0.29, 0.717) is 13.2 Å². The molecule has 28 heavy (non-hydrogen) atoms. The molecule has 0 spiro atoms. The topological polar surface area (TPSA) is 47.6 Å². The Morgan fingerprint density at radius 1 is 0.679 bits per heavy atom. The third kappa shape index (κ3) is 12.0. The molecule has 0 aliphatic heterocycles. The van der Waals surface area contributed by atoms with E-state index in [0.717, 1.165) is 64.3 Å². The second-order valence-corrected chi connectivity index (χ2v) is 10.8. The van der Waals surface area contributed by atoms with Gasteiger partial charge in [-0.05, 0) is 39.2 Å². The van der Waals surface area contributed by atoms with Crippen LogP contribution in [-0.4, -0.2) is 25.0 Å². The summed E-state index contributed by atoms with van der Waals surface area (Å²) in [6.45, 7) is 12.7. The van der Waals surface area contributed by atoms with Gasteiger partial charge in [-0.3, -0.25) is 4.57 Å². The zero-order valence-electron chi connectivity index (χ0n) is 19.7. The SMILES string of the molecule is CCCCCCCCNC(C)(CCCCC)P(=O)(OCCCC)OCCCC. The van der Waals surface area contributed by atoms with Crippen LogP contribution in [0.3, 0.4) is 0 Å². The van der Waals surface area contributed by atoms with E-state index in [-0.39, 0.29) is 0 Å². The molecule has 0 saturated carbocycles. The predicted octanol–water partition coefficient (Wildman–Crippen LogP) is 8.06. The van der Waals surface area contributed by atoms with Gasteiger partial charge in [0.25, 0.3) is 0 Å². The van der Waals surface area contributed by atoms with Crippen LogP contribution in [-0.2, 0) is 13.6 Å². The third-order valence-electron chi connectivity index (χ3n) is 5.43. The fourth-order valence-electron chi connectivity index (χ4n) is 3.28. The Kier molecular flexibility index (Phi) is 18.0. The third-order valence-corrected chi connectivity index (χ3v) is 8.06. The fourth-order valence-corrected chi connectivity index (χ4v) is 5.41. The first kappa shape index (κ1) is 28.1. The predicted molar refractivity (Wildman–Crippen MR) is 123 cm³/mol. The van der Waals surface area contributed by atoms with Gasteiger partial charge in [0.2, 0.25) is 0 Å². The molecular formula is C23H50NO3P. The lowest BCUT2D eigenvalue weighted by molar-refractivity contribution is 0.168. The van der Waals surface area contributed by atoms with Crippen molar-refractivity contribution in [1.82, 2.24) is 5.32 Å². The van der Waals surface area contributed by atoms with Gasteiger partial charge in [-0.15, -0.1) is 0 Å². The molecule has 0 bridgehead atoms. The molecule has 0 rings (SSSR count). The quantitative estimate of drug-likeness (QED) is 0.151. The van der Waals surface area contributed by atoms with Crippen LogP contribution >= 0.6 is 7.60 Å². The lowest BCUT2D eigenvalue weighted by Gasteiger charge is -2.37. The monoisotopic (exact) mass is 419 g/mol. The van der Waals surface area contributed by atoms with Gasteiger partial charge >= 0.3 is 7.60 Å². The van der Waals surface area contributed by atoms with Crippen LogP contribution in [0.4, 0.5) is 0 Å². The molecule has 0 aliphatic carbocycles. The van der Waals surface area contributed by atoms with Crippen LogP contribution in [0, 0.1) is 0 Å². The average Bonchev–Trinajstić information content (AvgIpc) is 2.68. The molecule has 1 N–H and O–H groups in total. The Labute approximate surface area is 176 Å². The highest BCUT2D eigenvalue weighted by molar-refractivity contribution is 7.55. The maximum absolute atomic E-state index is 13.9. The van der Waals surface area contributed by atoms with Crippen LogP contribution in [0.15, 0.2) is 0 Å². The summed E-state index contributed by atoms with van der Waals surface area (Å²) in [7, 11) is -3.22. The molecule has 1 unspecified atom stereocenters. The van der Waals surface area contributed by atoms with Crippen LogP contribution in [0.1, 0.15) is 125 Å². The largest absolute Gasteiger partial charge is 0.350 e. The van der Waals surface area contributed by atoms with Gasteiger partial charge in [0.15, 0.2) is 0 Å². The molecule has 0 aromatic rings. The van der Waals surface area contributed by atoms with Gasteiger partial charge in [0.1, 0.15) is 5.28 Å². The average molecular weight is 420 g/mol. The van der Waals surface area contributed by atoms with E-state index in [4.69, 9.17) is 9.05 Å². The van der Waals surface area contributed by atoms with Crippen molar-refractivity contribution in [2.45, 2.75) is 130 Å². The van der Waals surface area contributed by atoms with Crippen LogP contribution in [0.25, 0.3) is 0 Å². The van der Waals surface area contributed by atoms with E-state index in [2.05, 4.69) is 39.9 Å². The summed E-state index contributed by atoms with van der Waals surface area (Å²) in [6, 6.07) is 0. The molecule has 170 valence electrons. The maximum atomic E-state index is 13.9. The zero-order chi connectivity index (χ0) is 21.1. The summed E-state index contributed by atoms with van der Waals surface area (Å²) in [5.41, 5.74) is 0. The fraction of sp³-hybridized carbons (Fsp3) is 1.00. The van der Waals surface area contributed by atoms with E-state index < -0.39 is 12.9 Å². The summed E-state index contributed by atoms with van der Waals surface area (Å²) >= 11 is 0. The number of hydrogen-bond acceptors (Lipinski definition) is 4. The van der Waals surface area contributed by atoms with Gasteiger partial charge in [-0.25, -0.2) is 0 Å². The molecule has 0 amide bonds. The Balaban J connectivity index is 4.95. The molecule has 0 aromatic carbocycles. The summed E-state index contributed by atoms with van der Waals surface area (Å²) in [6.07, 6.45) is 15.7. The number of unbranched alkanes of at least 4 members (excludes halogenated alkanes) is 9. The highest BCUT2D eigenvalue weighted by atomic mass is 31.2. The minimum absolute atomic E-state index is 0.516. The van der Waals surface area contributed by atoms with Crippen LogP contribution < -0.4 is 5.32 Å². The number of hydrogen-bond donors (Lipinski definition) is 1. The van der Waals surface area contributed by atoms with E-state index in [9.17, 15) is 4.57 Å². The second kappa shape index (κ2) is 17.9. The molecule has 5 heteroatoms. The molecule has 0 radical (unpaired) electrons. The van der Waals surface area contributed by atoms with Crippen molar-refractivity contribution in [1.29, 1.82) is 0 Å². The molecule has 0 aliphatic rings. The van der Waals surface area contributed by atoms with Crippen molar-refractivity contribution in [3.05, 3.63) is 0 Å². The van der Waals surface area contributed by atoms with Crippen molar-refractivity contribution in [3.8, 4) is 0 Å². The molecule has 0 saturated heterocycles. The molecule has 0 aromatic heterocycles. The van der Waals surface area contributed by atoms with Crippen LogP contribution in [0.2, 0.25) is 0 Å². The van der Waals surface area contributed by atoms with Gasteiger partial charge in [-0.2, -0.15) is 0 Å². The van der Waals surface area contributed by atoms with Crippen molar-refractivity contribution in [3.63, 3.8) is 0 Å². The first-order valence-electron chi connectivity index (χ1n) is 12.1. The normalized spacial score (nSPS) is 14.3. The van der Waals surface area contributed by atoms with Gasteiger partial charge in [0, 0.05) is 0 Å². The molecular weight excluding hydrogens is 369 g/mol. The first-order valence-corrected chi connectivity index (χ1v) is 13.7. The summed E-state index contributed by atoms with van der Waals surface area (Å²) < 4.78 is 25.9. The molecule has 0 heterocycles. The van der Waals surface area contributed by atoms with Gasteiger partial charge in [-0.1, -0.05) is 91.9 Å².